The standard InChI is InChI=1S/C8H9NO4/c9-2-1-8(13)4-6(11)5(10)3-7(8)12/h3-4,7,10-13H,1H2. The maximum absolute atomic E-state index is 9.56. The molecule has 0 aromatic rings. The van der Waals surface area contributed by atoms with Crippen molar-refractivity contribution in [2.45, 2.75) is 18.1 Å². The third-order valence-corrected chi connectivity index (χ3v) is 1.84. The SMILES string of the molecule is N#CCC1(O)C=C(O)C(O)=CC1O. The summed E-state index contributed by atoms with van der Waals surface area (Å²) >= 11 is 0. The van der Waals surface area contributed by atoms with Gasteiger partial charge >= 0.3 is 0 Å². The average Bonchev–Trinajstić information content (AvgIpc) is 2.02. The van der Waals surface area contributed by atoms with Gasteiger partial charge in [0, 0.05) is 0 Å². The third-order valence-electron chi connectivity index (χ3n) is 1.84. The summed E-state index contributed by atoms with van der Waals surface area (Å²) in [6.07, 6.45) is -0.00620. The molecule has 0 spiro atoms. The van der Waals surface area contributed by atoms with Crippen LogP contribution >= 0.6 is 0 Å². The van der Waals surface area contributed by atoms with E-state index in [2.05, 4.69) is 0 Å². The highest BCUT2D eigenvalue weighted by atomic mass is 16.3. The fourth-order valence-electron chi connectivity index (χ4n) is 1.06. The highest BCUT2D eigenvalue weighted by molar-refractivity contribution is 5.31. The van der Waals surface area contributed by atoms with Gasteiger partial charge in [-0.1, -0.05) is 0 Å². The third kappa shape index (κ3) is 1.64. The topological polar surface area (TPSA) is 105 Å². The van der Waals surface area contributed by atoms with Gasteiger partial charge in [-0.05, 0) is 12.2 Å². The van der Waals surface area contributed by atoms with Crippen molar-refractivity contribution in [3.05, 3.63) is 23.7 Å². The summed E-state index contributed by atoms with van der Waals surface area (Å²) in [5.41, 5.74) is -1.81. The Hall–Kier alpha value is -1.51. The van der Waals surface area contributed by atoms with Crippen molar-refractivity contribution in [2.75, 3.05) is 0 Å². The van der Waals surface area contributed by atoms with Crippen LogP contribution in [-0.2, 0) is 0 Å². The Balaban J connectivity index is 2.99. The molecule has 1 rings (SSSR count). The number of nitriles is 1. The largest absolute Gasteiger partial charge is 0.504 e. The molecule has 1 aliphatic carbocycles. The van der Waals surface area contributed by atoms with Crippen LogP contribution in [0.15, 0.2) is 23.7 Å². The summed E-state index contributed by atoms with van der Waals surface area (Å²) in [6.45, 7) is 0. The van der Waals surface area contributed by atoms with Crippen LogP contribution < -0.4 is 0 Å². The maximum atomic E-state index is 9.56. The van der Waals surface area contributed by atoms with Crippen molar-refractivity contribution in [1.29, 1.82) is 5.26 Å². The lowest BCUT2D eigenvalue weighted by Crippen LogP contribution is -2.41. The summed E-state index contributed by atoms with van der Waals surface area (Å²) in [4.78, 5) is 0. The van der Waals surface area contributed by atoms with Gasteiger partial charge < -0.3 is 20.4 Å². The molecule has 2 unspecified atom stereocenters. The first-order valence-electron chi connectivity index (χ1n) is 3.60. The van der Waals surface area contributed by atoms with Gasteiger partial charge in [-0.15, -0.1) is 0 Å². The molecule has 1 aliphatic rings. The highest BCUT2D eigenvalue weighted by Gasteiger charge is 2.36. The van der Waals surface area contributed by atoms with Gasteiger partial charge in [0.05, 0.1) is 12.5 Å². The molecule has 70 valence electrons. The van der Waals surface area contributed by atoms with E-state index >= 15 is 0 Å². The quantitative estimate of drug-likeness (QED) is 0.454. The number of aliphatic hydroxyl groups excluding tert-OH is 3. The summed E-state index contributed by atoms with van der Waals surface area (Å²) in [7, 11) is 0. The fourth-order valence-corrected chi connectivity index (χ4v) is 1.06. The first kappa shape index (κ1) is 9.58. The van der Waals surface area contributed by atoms with Crippen LogP contribution in [0.3, 0.4) is 0 Å². The van der Waals surface area contributed by atoms with E-state index in [0.29, 0.717) is 0 Å². The molecule has 0 fully saturated rings. The Labute approximate surface area is 74.5 Å². The summed E-state index contributed by atoms with van der Waals surface area (Å²) < 4.78 is 0. The molecule has 5 heteroatoms. The fraction of sp³-hybridized carbons (Fsp3) is 0.375. The lowest BCUT2D eigenvalue weighted by molar-refractivity contribution is -0.0178. The molecule has 0 amide bonds. The second kappa shape index (κ2) is 3.09. The highest BCUT2D eigenvalue weighted by Crippen LogP contribution is 2.26. The summed E-state index contributed by atoms with van der Waals surface area (Å²) in [5.74, 6) is -1.04. The van der Waals surface area contributed by atoms with Crippen LogP contribution in [0.1, 0.15) is 6.42 Å². The van der Waals surface area contributed by atoms with Gasteiger partial charge in [-0.2, -0.15) is 5.26 Å². The predicted molar refractivity (Wildman–Crippen MR) is 42.6 cm³/mol. The first-order chi connectivity index (χ1) is 5.99. The molecule has 0 saturated carbocycles. The van der Waals surface area contributed by atoms with Crippen LogP contribution in [0.4, 0.5) is 0 Å². The van der Waals surface area contributed by atoms with Crippen molar-refractivity contribution >= 4 is 0 Å². The van der Waals surface area contributed by atoms with Crippen LogP contribution in [-0.4, -0.2) is 32.1 Å². The normalized spacial score (nSPS) is 33.2. The van der Waals surface area contributed by atoms with E-state index in [1.54, 1.807) is 6.07 Å². The zero-order valence-corrected chi connectivity index (χ0v) is 6.68. The number of rotatable bonds is 1. The lowest BCUT2D eigenvalue weighted by atomic mass is 9.88. The predicted octanol–water partition coefficient (Wildman–Crippen LogP) is -0.111. The summed E-state index contributed by atoms with van der Waals surface area (Å²) in [5, 5.41) is 45.1. The molecule has 0 aromatic carbocycles. The van der Waals surface area contributed by atoms with Crippen LogP contribution in [0, 0.1) is 11.3 Å². The van der Waals surface area contributed by atoms with E-state index in [-0.39, 0.29) is 6.42 Å². The Morgan fingerprint density at radius 1 is 1.46 bits per heavy atom. The van der Waals surface area contributed by atoms with Gasteiger partial charge in [-0.3, -0.25) is 0 Å². The number of hydrogen-bond acceptors (Lipinski definition) is 5. The van der Waals surface area contributed by atoms with Gasteiger partial charge in [0.2, 0.25) is 0 Å². The molecular weight excluding hydrogens is 174 g/mol. The molecule has 0 radical (unpaired) electrons. The summed E-state index contributed by atoms with van der Waals surface area (Å²) in [6, 6.07) is 1.67. The van der Waals surface area contributed by atoms with Crippen LogP contribution in [0.25, 0.3) is 0 Å². The Morgan fingerprint density at radius 3 is 2.62 bits per heavy atom. The van der Waals surface area contributed by atoms with Crippen LogP contribution in [0.2, 0.25) is 0 Å². The van der Waals surface area contributed by atoms with E-state index in [4.69, 9.17) is 15.5 Å². The van der Waals surface area contributed by atoms with Crippen molar-refractivity contribution in [1.82, 2.24) is 0 Å². The first-order valence-corrected chi connectivity index (χ1v) is 3.60. The number of aliphatic hydroxyl groups is 4. The molecule has 4 N–H and O–H groups in total. The monoisotopic (exact) mass is 183 g/mol. The van der Waals surface area contributed by atoms with Crippen molar-refractivity contribution < 1.29 is 20.4 Å². The van der Waals surface area contributed by atoms with E-state index in [9.17, 15) is 10.2 Å². The lowest BCUT2D eigenvalue weighted by Gasteiger charge is -2.28. The number of hydrogen-bond donors (Lipinski definition) is 4. The molecule has 0 aliphatic heterocycles. The minimum absolute atomic E-state index is 0.359. The zero-order chi connectivity index (χ0) is 10.1. The van der Waals surface area contributed by atoms with Gasteiger partial charge in [0.1, 0.15) is 11.7 Å². The molecule has 0 aromatic heterocycles. The van der Waals surface area contributed by atoms with Gasteiger partial charge in [-0.25, -0.2) is 0 Å². The van der Waals surface area contributed by atoms with Crippen molar-refractivity contribution in [3.63, 3.8) is 0 Å². The Kier molecular flexibility index (Phi) is 2.28. The second-order valence-corrected chi connectivity index (χ2v) is 2.85. The Morgan fingerprint density at radius 2 is 2.08 bits per heavy atom. The molecule has 2 atom stereocenters. The Bertz CT molecular complexity index is 315. The molecule has 0 saturated heterocycles. The minimum Gasteiger partial charge on any atom is -0.504 e. The molecule has 5 nitrogen and oxygen atoms in total. The van der Waals surface area contributed by atoms with Gasteiger partial charge in [0.15, 0.2) is 11.5 Å². The van der Waals surface area contributed by atoms with Crippen molar-refractivity contribution in [2.24, 2.45) is 0 Å². The zero-order valence-electron chi connectivity index (χ0n) is 6.68. The molecular formula is C8H9NO4. The van der Waals surface area contributed by atoms with Crippen LogP contribution in [0.5, 0.6) is 0 Å². The number of nitrogens with zero attached hydrogens (tertiary/aromatic N) is 1. The molecule has 13 heavy (non-hydrogen) atoms. The molecule has 0 bridgehead atoms. The van der Waals surface area contributed by atoms with E-state index in [1.807, 2.05) is 0 Å². The second-order valence-electron chi connectivity index (χ2n) is 2.85. The van der Waals surface area contributed by atoms with Gasteiger partial charge in [0.25, 0.3) is 0 Å². The minimum atomic E-state index is -1.81. The smallest absolute Gasteiger partial charge is 0.156 e. The average molecular weight is 183 g/mol. The van der Waals surface area contributed by atoms with E-state index in [1.165, 1.54) is 0 Å². The maximum Gasteiger partial charge on any atom is 0.156 e. The molecule has 0 heterocycles. The van der Waals surface area contributed by atoms with E-state index in [0.717, 1.165) is 12.2 Å². The van der Waals surface area contributed by atoms with E-state index < -0.39 is 23.2 Å². The van der Waals surface area contributed by atoms with Crippen molar-refractivity contribution in [3.8, 4) is 6.07 Å².